The Bertz CT molecular complexity index is 621. The van der Waals surface area contributed by atoms with Crippen molar-refractivity contribution >= 4 is 11.9 Å². The molecule has 1 saturated heterocycles. The summed E-state index contributed by atoms with van der Waals surface area (Å²) < 4.78 is 5.68. The van der Waals surface area contributed by atoms with Gasteiger partial charge >= 0.3 is 6.03 Å². The molecule has 2 rings (SSSR count). The van der Waals surface area contributed by atoms with Gasteiger partial charge in [-0.3, -0.25) is 4.79 Å². The molecular formula is C23H37N3O3. The number of hydrogen-bond acceptors (Lipinski definition) is 3. The van der Waals surface area contributed by atoms with E-state index in [4.69, 9.17) is 4.74 Å². The van der Waals surface area contributed by atoms with Gasteiger partial charge < -0.3 is 19.9 Å². The second-order valence-electron chi connectivity index (χ2n) is 7.60. The summed E-state index contributed by atoms with van der Waals surface area (Å²) in [5, 5.41) is 3.06. The van der Waals surface area contributed by atoms with E-state index < -0.39 is 0 Å². The molecule has 0 bridgehead atoms. The summed E-state index contributed by atoms with van der Waals surface area (Å²) in [7, 11) is 0. The maximum Gasteiger partial charge on any atom is 0.319 e. The number of hydrogen-bond donors (Lipinski definition) is 1. The fraction of sp³-hybridized carbons (Fsp3) is 0.652. The van der Waals surface area contributed by atoms with Crippen molar-refractivity contribution in [2.24, 2.45) is 5.92 Å². The predicted octanol–water partition coefficient (Wildman–Crippen LogP) is 3.70. The standard InChI is InChI=1S/C23H37N3O3/c1-4-7-18-29-21-10-8-19(9-11-21)12-15-24-22(27)20-13-16-26(17-14-20)23(28)25(5-2)6-3/h8-11,20H,4-7,12-18H2,1-3H3,(H,24,27). The first kappa shape index (κ1) is 23.0. The van der Waals surface area contributed by atoms with Crippen molar-refractivity contribution in [3.8, 4) is 5.75 Å². The molecule has 0 aromatic heterocycles. The van der Waals surface area contributed by atoms with Crippen molar-refractivity contribution in [3.05, 3.63) is 29.8 Å². The molecule has 6 heteroatoms. The van der Waals surface area contributed by atoms with E-state index in [-0.39, 0.29) is 17.9 Å². The fourth-order valence-corrected chi connectivity index (χ4v) is 3.59. The average molecular weight is 404 g/mol. The van der Waals surface area contributed by atoms with Crippen LogP contribution in [0.2, 0.25) is 0 Å². The summed E-state index contributed by atoms with van der Waals surface area (Å²) in [5.41, 5.74) is 1.19. The Morgan fingerprint density at radius 2 is 1.76 bits per heavy atom. The Labute approximate surface area is 175 Å². The van der Waals surface area contributed by atoms with Gasteiger partial charge in [0.1, 0.15) is 5.75 Å². The first-order chi connectivity index (χ1) is 14.1. The number of benzene rings is 1. The Morgan fingerprint density at radius 3 is 2.34 bits per heavy atom. The zero-order chi connectivity index (χ0) is 21.1. The zero-order valence-corrected chi connectivity index (χ0v) is 18.3. The van der Waals surface area contributed by atoms with Crippen LogP contribution in [0.3, 0.4) is 0 Å². The number of carbonyl (C=O) groups is 2. The Hall–Kier alpha value is -2.24. The number of urea groups is 1. The molecule has 162 valence electrons. The minimum atomic E-state index is 0.00472. The molecule has 0 atom stereocenters. The summed E-state index contributed by atoms with van der Waals surface area (Å²) in [6, 6.07) is 8.20. The van der Waals surface area contributed by atoms with Gasteiger partial charge in [0.25, 0.3) is 0 Å². The fourth-order valence-electron chi connectivity index (χ4n) is 3.59. The van der Waals surface area contributed by atoms with Crippen LogP contribution in [0.25, 0.3) is 0 Å². The average Bonchev–Trinajstić information content (AvgIpc) is 2.76. The molecule has 1 N–H and O–H groups in total. The lowest BCUT2D eigenvalue weighted by Gasteiger charge is -2.34. The summed E-state index contributed by atoms with van der Waals surface area (Å²) in [5.74, 6) is 1.02. The van der Waals surface area contributed by atoms with Crippen LogP contribution >= 0.6 is 0 Å². The summed E-state index contributed by atoms with van der Waals surface area (Å²) in [6.45, 7) is 10.3. The number of nitrogens with one attached hydrogen (secondary N) is 1. The molecule has 0 unspecified atom stereocenters. The van der Waals surface area contributed by atoms with Gasteiger partial charge in [-0.1, -0.05) is 25.5 Å². The molecule has 0 aliphatic carbocycles. The molecule has 0 spiro atoms. The summed E-state index contributed by atoms with van der Waals surface area (Å²) in [6.07, 6.45) is 4.48. The zero-order valence-electron chi connectivity index (χ0n) is 18.3. The van der Waals surface area contributed by atoms with Crippen molar-refractivity contribution in [1.82, 2.24) is 15.1 Å². The summed E-state index contributed by atoms with van der Waals surface area (Å²) in [4.78, 5) is 28.6. The minimum Gasteiger partial charge on any atom is -0.494 e. The lowest BCUT2D eigenvalue weighted by Crippen LogP contribution is -2.48. The molecule has 3 amide bonds. The van der Waals surface area contributed by atoms with Gasteiger partial charge in [-0.15, -0.1) is 0 Å². The van der Waals surface area contributed by atoms with Gasteiger partial charge in [0.15, 0.2) is 0 Å². The second kappa shape index (κ2) is 12.3. The Kier molecular flexibility index (Phi) is 9.81. The lowest BCUT2D eigenvalue weighted by molar-refractivity contribution is -0.126. The lowest BCUT2D eigenvalue weighted by atomic mass is 9.96. The van der Waals surface area contributed by atoms with E-state index in [0.717, 1.165) is 57.6 Å². The largest absolute Gasteiger partial charge is 0.494 e. The van der Waals surface area contributed by atoms with Crippen molar-refractivity contribution in [2.75, 3.05) is 39.3 Å². The molecule has 1 heterocycles. The van der Waals surface area contributed by atoms with E-state index in [1.54, 1.807) is 0 Å². The van der Waals surface area contributed by atoms with E-state index in [0.29, 0.717) is 19.6 Å². The third-order valence-corrected chi connectivity index (χ3v) is 5.57. The van der Waals surface area contributed by atoms with Crippen LogP contribution in [0.15, 0.2) is 24.3 Å². The van der Waals surface area contributed by atoms with Crippen molar-refractivity contribution in [1.29, 1.82) is 0 Å². The van der Waals surface area contributed by atoms with Crippen molar-refractivity contribution in [2.45, 2.75) is 52.9 Å². The van der Waals surface area contributed by atoms with Gasteiger partial charge in [-0.25, -0.2) is 4.79 Å². The highest BCUT2D eigenvalue weighted by atomic mass is 16.5. The number of ether oxygens (including phenoxy) is 1. The van der Waals surface area contributed by atoms with Gasteiger partial charge in [0.05, 0.1) is 6.61 Å². The van der Waals surface area contributed by atoms with Gasteiger partial charge in [0.2, 0.25) is 5.91 Å². The highest BCUT2D eigenvalue weighted by Crippen LogP contribution is 2.19. The van der Waals surface area contributed by atoms with E-state index in [2.05, 4.69) is 24.4 Å². The van der Waals surface area contributed by atoms with E-state index in [1.807, 2.05) is 35.8 Å². The monoisotopic (exact) mass is 403 g/mol. The molecule has 1 aliphatic heterocycles. The number of likely N-dealkylation sites (tertiary alicyclic amines) is 1. The maximum absolute atomic E-state index is 12.5. The number of rotatable bonds is 10. The topological polar surface area (TPSA) is 61.9 Å². The van der Waals surface area contributed by atoms with E-state index in [9.17, 15) is 9.59 Å². The highest BCUT2D eigenvalue weighted by Gasteiger charge is 2.28. The second-order valence-corrected chi connectivity index (χ2v) is 7.60. The van der Waals surface area contributed by atoms with Crippen molar-refractivity contribution in [3.63, 3.8) is 0 Å². The maximum atomic E-state index is 12.5. The number of nitrogens with zero attached hydrogens (tertiary/aromatic N) is 2. The van der Waals surface area contributed by atoms with Crippen LogP contribution in [0, 0.1) is 5.92 Å². The number of unbranched alkanes of at least 4 members (excludes halogenated alkanes) is 1. The van der Waals surface area contributed by atoms with Crippen LogP contribution in [0.1, 0.15) is 52.0 Å². The first-order valence-electron chi connectivity index (χ1n) is 11.1. The predicted molar refractivity (Wildman–Crippen MR) is 116 cm³/mol. The molecule has 1 aromatic rings. The van der Waals surface area contributed by atoms with Crippen LogP contribution in [0.5, 0.6) is 5.75 Å². The molecule has 29 heavy (non-hydrogen) atoms. The SMILES string of the molecule is CCCCOc1ccc(CCNC(=O)C2CCN(C(=O)N(CC)CC)CC2)cc1. The van der Waals surface area contributed by atoms with Crippen LogP contribution < -0.4 is 10.1 Å². The Morgan fingerprint density at radius 1 is 1.10 bits per heavy atom. The van der Waals surface area contributed by atoms with Crippen LogP contribution in [-0.2, 0) is 11.2 Å². The molecule has 0 saturated carbocycles. The van der Waals surface area contributed by atoms with E-state index >= 15 is 0 Å². The minimum absolute atomic E-state index is 0.00472. The quantitative estimate of drug-likeness (QED) is 0.606. The number of carbonyl (C=O) groups excluding carboxylic acids is 2. The van der Waals surface area contributed by atoms with Gasteiger partial charge in [-0.05, 0) is 57.2 Å². The third-order valence-electron chi connectivity index (χ3n) is 5.57. The van der Waals surface area contributed by atoms with E-state index in [1.165, 1.54) is 5.56 Å². The summed E-state index contributed by atoms with van der Waals surface area (Å²) >= 11 is 0. The smallest absolute Gasteiger partial charge is 0.319 e. The number of amides is 3. The third kappa shape index (κ3) is 7.26. The van der Waals surface area contributed by atoms with Gasteiger partial charge in [-0.2, -0.15) is 0 Å². The normalized spacial score (nSPS) is 14.5. The molecular weight excluding hydrogens is 366 g/mol. The van der Waals surface area contributed by atoms with Gasteiger partial charge in [0, 0.05) is 38.6 Å². The molecule has 1 fully saturated rings. The first-order valence-corrected chi connectivity index (χ1v) is 11.1. The van der Waals surface area contributed by atoms with Crippen molar-refractivity contribution < 1.29 is 14.3 Å². The molecule has 0 radical (unpaired) electrons. The van der Waals surface area contributed by atoms with Crippen LogP contribution in [0.4, 0.5) is 4.79 Å². The Balaban J connectivity index is 1.68. The number of piperidine rings is 1. The molecule has 1 aliphatic rings. The highest BCUT2D eigenvalue weighted by molar-refractivity contribution is 5.79. The molecule has 6 nitrogen and oxygen atoms in total. The molecule has 1 aromatic carbocycles. The van der Waals surface area contributed by atoms with Crippen LogP contribution in [-0.4, -0.2) is 61.1 Å².